The van der Waals surface area contributed by atoms with Crippen LogP contribution in [-0.4, -0.2) is 30.4 Å². The molecule has 1 fully saturated rings. The Kier molecular flexibility index (Phi) is 7.19. The van der Waals surface area contributed by atoms with Crippen LogP contribution < -0.4 is 4.72 Å². The van der Waals surface area contributed by atoms with Crippen LogP contribution in [-0.2, 0) is 22.2 Å². The first kappa shape index (κ1) is 22.6. The number of sulfonamides is 1. The van der Waals surface area contributed by atoms with Gasteiger partial charge in [0.15, 0.2) is 0 Å². The Bertz CT molecular complexity index is 1030. The van der Waals surface area contributed by atoms with Gasteiger partial charge in [-0.15, -0.1) is 0 Å². The topological polar surface area (TPSA) is 74.8 Å². The Balaban J connectivity index is 1.45. The molecule has 1 aromatic heterocycles. The van der Waals surface area contributed by atoms with Gasteiger partial charge in [-0.1, -0.05) is 31.4 Å². The number of thioether (sulfide) groups is 1. The van der Waals surface area contributed by atoms with E-state index in [1.165, 1.54) is 30.7 Å². The number of nitrogens with zero attached hydrogens (tertiary/aromatic N) is 1. The summed E-state index contributed by atoms with van der Waals surface area (Å²) in [7, 11) is -3.53. The van der Waals surface area contributed by atoms with E-state index >= 15 is 0 Å². The maximum absolute atomic E-state index is 13.5. The first-order valence-corrected chi connectivity index (χ1v) is 13.7. The van der Waals surface area contributed by atoms with E-state index < -0.39 is 10.0 Å². The fraction of sp³-hybridized carbons (Fsp3) is 0.522. The molecule has 0 spiro atoms. The average Bonchev–Trinajstić information content (AvgIpc) is 3.17. The van der Waals surface area contributed by atoms with Crippen LogP contribution in [0, 0.1) is 11.7 Å². The molecule has 0 radical (unpaired) electrons. The van der Waals surface area contributed by atoms with Crippen molar-refractivity contribution in [2.24, 2.45) is 5.92 Å². The quantitative estimate of drug-likeness (QED) is 0.607. The van der Waals surface area contributed by atoms with Crippen molar-refractivity contribution in [2.75, 3.05) is 5.75 Å². The Morgan fingerprint density at radius 1 is 1.32 bits per heavy atom. The number of fused-ring (bicyclic) bond motifs is 1. The number of benzene rings is 1. The van der Waals surface area contributed by atoms with Gasteiger partial charge in [0.25, 0.3) is 0 Å². The van der Waals surface area contributed by atoms with Gasteiger partial charge in [-0.2, -0.15) is 16.9 Å². The highest BCUT2D eigenvalue weighted by Crippen LogP contribution is 2.36. The van der Waals surface area contributed by atoms with Crippen LogP contribution >= 0.6 is 11.8 Å². The van der Waals surface area contributed by atoms with Gasteiger partial charge in [0.05, 0.1) is 5.69 Å². The Morgan fingerprint density at radius 2 is 2.13 bits per heavy atom. The lowest BCUT2D eigenvalue weighted by molar-refractivity contribution is 0.303. The van der Waals surface area contributed by atoms with E-state index in [1.807, 2.05) is 13.0 Å². The zero-order chi connectivity index (χ0) is 21.8. The van der Waals surface area contributed by atoms with E-state index in [0.29, 0.717) is 11.6 Å². The number of aromatic nitrogens is 2. The molecule has 4 rings (SSSR count). The molecule has 2 N–H and O–H groups in total. The van der Waals surface area contributed by atoms with Crippen molar-refractivity contribution in [1.82, 2.24) is 14.9 Å². The minimum absolute atomic E-state index is 0.0609. The zero-order valence-corrected chi connectivity index (χ0v) is 19.4. The van der Waals surface area contributed by atoms with Crippen LogP contribution in [0.4, 0.5) is 4.39 Å². The molecule has 2 aromatic rings. The lowest BCUT2D eigenvalue weighted by Gasteiger charge is -2.27. The predicted molar refractivity (Wildman–Crippen MR) is 125 cm³/mol. The second-order valence-corrected chi connectivity index (χ2v) is 11.3. The third kappa shape index (κ3) is 5.79. The standard InChI is InChI=1S/C23H30FN3O2S2/c1-16(18-7-3-2-4-8-18)27-31(28,29)11-10-22-21-15-30-14-19(23(21)26-25-22)12-17-6-5-9-20(24)13-17/h5-6,9-11,13,16,18-19,27H,2-4,7-8,12,14-15H2,1H3,(H,25,26)/b11-10+/t16-,19?/m1/s1. The predicted octanol–water partition coefficient (Wildman–Crippen LogP) is 4.98. The molecule has 0 saturated heterocycles. The summed E-state index contributed by atoms with van der Waals surface area (Å²) in [6.45, 7) is 1.96. The summed E-state index contributed by atoms with van der Waals surface area (Å²) in [6.07, 6.45) is 8.10. The van der Waals surface area contributed by atoms with Crippen LogP contribution in [0.5, 0.6) is 0 Å². The highest BCUT2D eigenvalue weighted by molar-refractivity contribution is 7.98. The summed E-state index contributed by atoms with van der Waals surface area (Å²) in [4.78, 5) is 0. The average molecular weight is 464 g/mol. The van der Waals surface area contributed by atoms with Gasteiger partial charge in [-0.3, -0.25) is 5.10 Å². The molecule has 1 saturated carbocycles. The summed E-state index contributed by atoms with van der Waals surface area (Å²) in [5.74, 6) is 2.10. The number of H-pyrrole nitrogens is 1. The smallest absolute Gasteiger partial charge is 0.234 e. The SMILES string of the molecule is C[C@@H](NS(=O)(=O)/C=C/c1n[nH]c2c1CSCC2Cc1cccc(F)c1)C1CCCCC1. The van der Waals surface area contributed by atoms with Gasteiger partial charge in [0.2, 0.25) is 10.0 Å². The van der Waals surface area contributed by atoms with Gasteiger partial charge >= 0.3 is 0 Å². The van der Waals surface area contributed by atoms with E-state index in [0.717, 1.165) is 47.6 Å². The van der Waals surface area contributed by atoms with E-state index in [9.17, 15) is 12.8 Å². The molecule has 2 atom stereocenters. The number of nitrogens with one attached hydrogen (secondary N) is 2. The number of halogens is 1. The largest absolute Gasteiger partial charge is 0.281 e. The number of rotatable bonds is 7. The molecular weight excluding hydrogens is 433 g/mol. The third-order valence-electron chi connectivity index (χ3n) is 6.39. The normalized spacial score (nSPS) is 21.3. The molecular formula is C23H30FN3O2S2. The number of hydrogen-bond donors (Lipinski definition) is 2. The molecule has 31 heavy (non-hydrogen) atoms. The molecule has 0 amide bonds. The lowest BCUT2D eigenvalue weighted by atomic mass is 9.85. The fourth-order valence-electron chi connectivity index (χ4n) is 4.70. The van der Waals surface area contributed by atoms with Crippen molar-refractivity contribution >= 4 is 27.9 Å². The number of aromatic amines is 1. The molecule has 168 valence electrons. The summed E-state index contributed by atoms with van der Waals surface area (Å²) >= 11 is 1.80. The molecule has 2 heterocycles. The number of hydrogen-bond acceptors (Lipinski definition) is 4. The summed E-state index contributed by atoms with van der Waals surface area (Å²) < 4.78 is 41.6. The fourth-order valence-corrected chi connectivity index (χ4v) is 6.99. The van der Waals surface area contributed by atoms with Crippen molar-refractivity contribution in [1.29, 1.82) is 0 Å². The van der Waals surface area contributed by atoms with E-state index in [4.69, 9.17) is 0 Å². The van der Waals surface area contributed by atoms with Crippen LogP contribution in [0.15, 0.2) is 29.7 Å². The van der Waals surface area contributed by atoms with Gasteiger partial charge in [-0.05, 0) is 55.9 Å². The van der Waals surface area contributed by atoms with Gasteiger partial charge in [0.1, 0.15) is 5.82 Å². The molecule has 5 nitrogen and oxygen atoms in total. The third-order valence-corrected chi connectivity index (χ3v) is 8.71. The van der Waals surface area contributed by atoms with Crippen molar-refractivity contribution in [3.05, 3.63) is 58.0 Å². The summed E-state index contributed by atoms with van der Waals surface area (Å²) in [5, 5.41) is 8.74. The van der Waals surface area contributed by atoms with Crippen molar-refractivity contribution < 1.29 is 12.8 Å². The van der Waals surface area contributed by atoms with E-state index in [-0.39, 0.29) is 17.8 Å². The molecule has 1 aliphatic heterocycles. The van der Waals surface area contributed by atoms with Gasteiger partial charge < -0.3 is 0 Å². The van der Waals surface area contributed by atoms with Crippen LogP contribution in [0.25, 0.3) is 6.08 Å². The minimum atomic E-state index is -3.53. The van der Waals surface area contributed by atoms with Crippen LogP contribution in [0.3, 0.4) is 0 Å². The van der Waals surface area contributed by atoms with Gasteiger partial charge in [-0.25, -0.2) is 17.5 Å². The van der Waals surface area contributed by atoms with Crippen molar-refractivity contribution in [3.63, 3.8) is 0 Å². The maximum atomic E-state index is 13.5. The molecule has 2 aliphatic rings. The van der Waals surface area contributed by atoms with E-state index in [1.54, 1.807) is 30.0 Å². The first-order chi connectivity index (χ1) is 14.9. The van der Waals surface area contributed by atoms with Gasteiger partial charge in [0, 0.05) is 40.1 Å². The molecule has 1 unspecified atom stereocenters. The second-order valence-electron chi connectivity index (χ2n) is 8.70. The van der Waals surface area contributed by atoms with Crippen LogP contribution in [0.1, 0.15) is 67.5 Å². The van der Waals surface area contributed by atoms with Crippen molar-refractivity contribution in [2.45, 2.75) is 63.2 Å². The summed E-state index contributed by atoms with van der Waals surface area (Å²) in [5.41, 5.74) is 3.70. The molecule has 1 aliphatic carbocycles. The molecule has 1 aromatic carbocycles. The summed E-state index contributed by atoms with van der Waals surface area (Å²) in [6, 6.07) is 6.63. The first-order valence-electron chi connectivity index (χ1n) is 11.0. The second kappa shape index (κ2) is 9.88. The Hall–Kier alpha value is -1.64. The monoisotopic (exact) mass is 463 g/mol. The molecule has 0 bridgehead atoms. The highest BCUT2D eigenvalue weighted by atomic mass is 32.2. The zero-order valence-electron chi connectivity index (χ0n) is 17.8. The van der Waals surface area contributed by atoms with Crippen molar-refractivity contribution in [3.8, 4) is 0 Å². The van der Waals surface area contributed by atoms with Crippen LogP contribution in [0.2, 0.25) is 0 Å². The lowest BCUT2D eigenvalue weighted by Crippen LogP contribution is -2.37. The van der Waals surface area contributed by atoms with E-state index in [2.05, 4.69) is 14.9 Å². The Morgan fingerprint density at radius 3 is 2.90 bits per heavy atom. The molecule has 8 heteroatoms. The maximum Gasteiger partial charge on any atom is 0.234 e. The highest BCUT2D eigenvalue weighted by Gasteiger charge is 2.26. The Labute approximate surface area is 188 Å². The minimum Gasteiger partial charge on any atom is -0.281 e.